The molecule has 1 aromatic heterocycles. The van der Waals surface area contributed by atoms with E-state index in [0.29, 0.717) is 0 Å². The maximum absolute atomic E-state index is 11.8. The molecular formula is C10H12ClN3O4. The highest BCUT2D eigenvalue weighted by atomic mass is 35.5. The van der Waals surface area contributed by atoms with Gasteiger partial charge in [0.05, 0.1) is 17.2 Å². The van der Waals surface area contributed by atoms with Crippen molar-refractivity contribution in [3.05, 3.63) is 26.5 Å². The number of anilines is 1. The van der Waals surface area contributed by atoms with Gasteiger partial charge in [0, 0.05) is 7.05 Å². The van der Waals surface area contributed by atoms with Gasteiger partial charge in [0.15, 0.2) is 0 Å². The molecule has 0 aliphatic heterocycles. The predicted octanol–water partition coefficient (Wildman–Crippen LogP) is 2.17. The van der Waals surface area contributed by atoms with Crippen molar-refractivity contribution in [2.24, 2.45) is 0 Å². The number of esters is 1. The standard InChI is InChI=1S/C10H12ClN3O4/c1-4-18-10(15)6-5(2)13-9(11)8(14(16)17)7(6)12-3/h4H2,1-3H3,(H,12,13). The molecule has 0 unspecified atom stereocenters. The molecule has 0 bridgehead atoms. The number of nitro groups is 1. The Morgan fingerprint density at radius 1 is 1.61 bits per heavy atom. The first kappa shape index (κ1) is 14.2. The second-order valence-corrected chi connectivity index (χ2v) is 3.67. The van der Waals surface area contributed by atoms with E-state index >= 15 is 0 Å². The number of aryl methyl sites for hydroxylation is 1. The number of aromatic nitrogens is 1. The summed E-state index contributed by atoms with van der Waals surface area (Å²) in [5.74, 6) is -0.674. The molecular weight excluding hydrogens is 262 g/mol. The Morgan fingerprint density at radius 2 is 2.22 bits per heavy atom. The van der Waals surface area contributed by atoms with Crippen molar-refractivity contribution in [1.29, 1.82) is 0 Å². The predicted molar refractivity (Wildman–Crippen MR) is 66.1 cm³/mol. The molecule has 0 aliphatic carbocycles. The third-order valence-corrected chi connectivity index (χ3v) is 2.49. The largest absolute Gasteiger partial charge is 0.462 e. The normalized spacial score (nSPS) is 10.0. The number of rotatable bonds is 4. The van der Waals surface area contributed by atoms with Crippen LogP contribution in [0.4, 0.5) is 11.4 Å². The van der Waals surface area contributed by atoms with Crippen molar-refractivity contribution in [3.8, 4) is 0 Å². The van der Waals surface area contributed by atoms with E-state index in [2.05, 4.69) is 10.3 Å². The van der Waals surface area contributed by atoms with Crippen molar-refractivity contribution in [1.82, 2.24) is 4.98 Å². The van der Waals surface area contributed by atoms with Gasteiger partial charge in [-0.25, -0.2) is 9.78 Å². The van der Waals surface area contributed by atoms with E-state index in [1.807, 2.05) is 0 Å². The molecule has 1 N–H and O–H groups in total. The van der Waals surface area contributed by atoms with E-state index in [-0.39, 0.29) is 28.7 Å². The molecule has 1 heterocycles. The van der Waals surface area contributed by atoms with Crippen LogP contribution in [0.15, 0.2) is 0 Å². The minimum absolute atomic E-state index is 0.0101. The Bertz CT molecular complexity index is 504. The summed E-state index contributed by atoms with van der Waals surface area (Å²) in [5.41, 5.74) is -0.132. The lowest BCUT2D eigenvalue weighted by atomic mass is 10.1. The number of nitrogens with zero attached hydrogens (tertiary/aromatic N) is 2. The van der Waals surface area contributed by atoms with Crippen LogP contribution >= 0.6 is 11.6 Å². The lowest BCUT2D eigenvalue weighted by molar-refractivity contribution is -0.384. The fourth-order valence-electron chi connectivity index (χ4n) is 1.52. The van der Waals surface area contributed by atoms with Crippen molar-refractivity contribution >= 4 is 28.9 Å². The highest BCUT2D eigenvalue weighted by molar-refractivity contribution is 6.32. The number of carbonyl (C=O) groups excluding carboxylic acids is 1. The first-order valence-corrected chi connectivity index (χ1v) is 5.51. The van der Waals surface area contributed by atoms with E-state index in [4.69, 9.17) is 16.3 Å². The molecule has 7 nitrogen and oxygen atoms in total. The Balaban J connectivity index is 3.54. The third kappa shape index (κ3) is 2.51. The number of hydrogen-bond acceptors (Lipinski definition) is 6. The molecule has 98 valence electrons. The summed E-state index contributed by atoms with van der Waals surface area (Å²) in [6.07, 6.45) is 0. The Labute approximate surface area is 108 Å². The van der Waals surface area contributed by atoms with Gasteiger partial charge in [0.1, 0.15) is 11.3 Å². The van der Waals surface area contributed by atoms with E-state index in [1.54, 1.807) is 6.92 Å². The van der Waals surface area contributed by atoms with Gasteiger partial charge in [-0.05, 0) is 13.8 Å². The molecule has 0 fully saturated rings. The van der Waals surface area contributed by atoms with Gasteiger partial charge in [-0.2, -0.15) is 0 Å². The summed E-state index contributed by atoms with van der Waals surface area (Å²) in [7, 11) is 1.46. The van der Waals surface area contributed by atoms with Gasteiger partial charge in [-0.1, -0.05) is 11.6 Å². The van der Waals surface area contributed by atoms with Gasteiger partial charge >= 0.3 is 11.7 Å². The van der Waals surface area contributed by atoms with Crippen LogP contribution in [0.3, 0.4) is 0 Å². The summed E-state index contributed by atoms with van der Waals surface area (Å²) < 4.78 is 4.84. The topological polar surface area (TPSA) is 94.4 Å². The van der Waals surface area contributed by atoms with Crippen LogP contribution in [-0.2, 0) is 4.74 Å². The summed E-state index contributed by atoms with van der Waals surface area (Å²) >= 11 is 5.72. The van der Waals surface area contributed by atoms with Crippen LogP contribution in [0.5, 0.6) is 0 Å². The van der Waals surface area contributed by atoms with E-state index in [9.17, 15) is 14.9 Å². The first-order valence-electron chi connectivity index (χ1n) is 5.13. The van der Waals surface area contributed by atoms with E-state index < -0.39 is 16.6 Å². The average molecular weight is 274 g/mol. The van der Waals surface area contributed by atoms with Gasteiger partial charge < -0.3 is 10.1 Å². The zero-order chi connectivity index (χ0) is 13.9. The number of carbonyl (C=O) groups is 1. The molecule has 0 spiro atoms. The zero-order valence-corrected chi connectivity index (χ0v) is 10.9. The quantitative estimate of drug-likeness (QED) is 0.391. The van der Waals surface area contributed by atoms with Gasteiger partial charge in [0.25, 0.3) is 0 Å². The Morgan fingerprint density at radius 3 is 2.67 bits per heavy atom. The second kappa shape index (κ2) is 5.63. The number of halogens is 1. The monoisotopic (exact) mass is 273 g/mol. The van der Waals surface area contributed by atoms with Gasteiger partial charge in [-0.3, -0.25) is 10.1 Å². The third-order valence-electron chi connectivity index (χ3n) is 2.22. The van der Waals surface area contributed by atoms with Crippen molar-refractivity contribution in [2.45, 2.75) is 13.8 Å². The molecule has 1 aromatic rings. The molecule has 0 saturated heterocycles. The zero-order valence-electron chi connectivity index (χ0n) is 10.1. The lowest BCUT2D eigenvalue weighted by Crippen LogP contribution is -2.13. The Hall–Kier alpha value is -1.89. The molecule has 8 heteroatoms. The van der Waals surface area contributed by atoms with Gasteiger partial charge in [-0.15, -0.1) is 0 Å². The minimum Gasteiger partial charge on any atom is -0.462 e. The summed E-state index contributed by atoms with van der Waals surface area (Å²) in [4.78, 5) is 25.8. The van der Waals surface area contributed by atoms with Crippen LogP contribution in [0.25, 0.3) is 0 Å². The molecule has 0 saturated carbocycles. The second-order valence-electron chi connectivity index (χ2n) is 3.31. The van der Waals surface area contributed by atoms with Crippen LogP contribution < -0.4 is 5.32 Å². The number of nitrogens with one attached hydrogen (secondary N) is 1. The van der Waals surface area contributed by atoms with Crippen molar-refractivity contribution < 1.29 is 14.5 Å². The van der Waals surface area contributed by atoms with E-state index in [1.165, 1.54) is 14.0 Å². The molecule has 0 aromatic carbocycles. The number of hydrogen-bond donors (Lipinski definition) is 1. The fourth-order valence-corrected chi connectivity index (χ4v) is 1.81. The average Bonchev–Trinajstić information content (AvgIpc) is 2.27. The lowest BCUT2D eigenvalue weighted by Gasteiger charge is -2.11. The van der Waals surface area contributed by atoms with Crippen molar-refractivity contribution in [2.75, 3.05) is 19.0 Å². The molecule has 1 rings (SSSR count). The van der Waals surface area contributed by atoms with Crippen LogP contribution in [0.1, 0.15) is 23.0 Å². The smallest absolute Gasteiger partial charge is 0.342 e. The highest BCUT2D eigenvalue weighted by Crippen LogP contribution is 2.35. The van der Waals surface area contributed by atoms with Gasteiger partial charge in [0.2, 0.25) is 5.15 Å². The molecule has 18 heavy (non-hydrogen) atoms. The summed E-state index contributed by atoms with van der Waals surface area (Å²) in [6.45, 7) is 3.34. The van der Waals surface area contributed by atoms with Crippen LogP contribution in [-0.4, -0.2) is 29.5 Å². The van der Waals surface area contributed by atoms with Crippen LogP contribution in [0, 0.1) is 17.0 Å². The Kier molecular flexibility index (Phi) is 4.43. The summed E-state index contributed by atoms with van der Waals surface area (Å²) in [5, 5.41) is 13.3. The maximum Gasteiger partial charge on any atom is 0.342 e. The number of pyridine rings is 1. The molecule has 0 radical (unpaired) electrons. The molecule has 0 amide bonds. The minimum atomic E-state index is -0.691. The SMILES string of the molecule is CCOC(=O)c1c(C)nc(Cl)c([N+](=O)[O-])c1NC. The molecule has 0 atom stereocenters. The first-order chi connectivity index (χ1) is 8.43. The number of ether oxygens (including phenoxy) is 1. The van der Waals surface area contributed by atoms with Crippen LogP contribution in [0.2, 0.25) is 5.15 Å². The van der Waals surface area contributed by atoms with E-state index in [0.717, 1.165) is 0 Å². The summed E-state index contributed by atoms with van der Waals surface area (Å²) in [6, 6.07) is 0. The highest BCUT2D eigenvalue weighted by Gasteiger charge is 2.29. The maximum atomic E-state index is 11.8. The molecule has 0 aliphatic rings. The van der Waals surface area contributed by atoms with Crippen molar-refractivity contribution in [3.63, 3.8) is 0 Å². The fraction of sp³-hybridized carbons (Fsp3) is 0.400.